The van der Waals surface area contributed by atoms with Crippen molar-refractivity contribution in [2.24, 2.45) is 5.92 Å². The number of hydrogen-bond acceptors (Lipinski definition) is 5. The molecule has 2 aliphatic carbocycles. The van der Waals surface area contributed by atoms with Gasteiger partial charge in [0.1, 0.15) is 11.6 Å². The molecule has 3 N–H and O–H groups in total. The zero-order valence-corrected chi connectivity index (χ0v) is 13.5. The molecule has 4 rings (SSSR count). The van der Waals surface area contributed by atoms with E-state index in [0.717, 1.165) is 42.9 Å². The average Bonchev–Trinajstić information content (AvgIpc) is 3.36. The third kappa shape index (κ3) is 3.39. The molecule has 2 aromatic heterocycles. The quantitative estimate of drug-likeness (QED) is 0.785. The van der Waals surface area contributed by atoms with Crippen molar-refractivity contribution in [3.05, 3.63) is 30.4 Å². The molecule has 7 nitrogen and oxygen atoms in total. The number of hydrogen-bond donors (Lipinski definition) is 3. The third-order valence-corrected chi connectivity index (χ3v) is 4.95. The molecule has 0 radical (unpaired) electrons. The fourth-order valence-corrected chi connectivity index (χ4v) is 3.41. The summed E-state index contributed by atoms with van der Waals surface area (Å²) in [5.74, 6) is 2.35. The standard InChI is InChI=1S/C17H22N6O/c24-17(22-16-14(9-20-23-16)11-1-2-11)12-3-5-13(6-4-12)21-15-10-18-7-8-19-15/h7-13H,1-6H2,(H,19,21)(H2,20,22,23,24). The Hall–Kier alpha value is -2.44. The van der Waals surface area contributed by atoms with E-state index in [2.05, 4.69) is 30.8 Å². The molecular formula is C17H22N6O. The van der Waals surface area contributed by atoms with E-state index < -0.39 is 0 Å². The fraction of sp³-hybridized carbons (Fsp3) is 0.529. The molecule has 0 aromatic carbocycles. The average molecular weight is 326 g/mol. The summed E-state index contributed by atoms with van der Waals surface area (Å²) in [6.07, 6.45) is 13.0. The summed E-state index contributed by atoms with van der Waals surface area (Å²) >= 11 is 0. The van der Waals surface area contributed by atoms with E-state index in [4.69, 9.17) is 0 Å². The predicted octanol–water partition coefficient (Wildman–Crippen LogP) is 2.69. The predicted molar refractivity (Wildman–Crippen MR) is 90.6 cm³/mol. The largest absolute Gasteiger partial charge is 0.366 e. The minimum Gasteiger partial charge on any atom is -0.366 e. The van der Waals surface area contributed by atoms with Crippen molar-refractivity contribution in [1.29, 1.82) is 0 Å². The second-order valence-corrected chi connectivity index (χ2v) is 6.75. The second kappa shape index (κ2) is 6.59. The van der Waals surface area contributed by atoms with Gasteiger partial charge in [-0.3, -0.25) is 14.9 Å². The normalized spacial score (nSPS) is 23.7. The van der Waals surface area contributed by atoms with E-state index in [0.29, 0.717) is 12.0 Å². The number of carbonyl (C=O) groups excluding carboxylic acids is 1. The molecule has 1 amide bonds. The SMILES string of the molecule is O=C(Nc1[nH]ncc1C1CC1)C1CCC(Nc2cnccn2)CC1. The monoisotopic (exact) mass is 326 g/mol. The molecule has 0 atom stereocenters. The molecule has 0 bridgehead atoms. The number of rotatable bonds is 5. The van der Waals surface area contributed by atoms with E-state index in [-0.39, 0.29) is 11.8 Å². The summed E-state index contributed by atoms with van der Waals surface area (Å²) in [5, 5.41) is 13.5. The number of carbonyl (C=O) groups is 1. The Morgan fingerprint density at radius 3 is 2.62 bits per heavy atom. The van der Waals surface area contributed by atoms with Crippen LogP contribution in [0.5, 0.6) is 0 Å². The van der Waals surface area contributed by atoms with Gasteiger partial charge in [-0.25, -0.2) is 4.98 Å². The fourth-order valence-electron chi connectivity index (χ4n) is 3.41. The van der Waals surface area contributed by atoms with E-state index in [1.165, 1.54) is 12.8 Å². The Bertz CT molecular complexity index is 688. The van der Waals surface area contributed by atoms with Crippen LogP contribution in [-0.2, 0) is 4.79 Å². The van der Waals surface area contributed by atoms with Crippen LogP contribution >= 0.6 is 0 Å². The van der Waals surface area contributed by atoms with Crippen molar-refractivity contribution < 1.29 is 4.79 Å². The first-order valence-corrected chi connectivity index (χ1v) is 8.66. The van der Waals surface area contributed by atoms with Gasteiger partial charge in [0, 0.05) is 29.9 Å². The van der Waals surface area contributed by atoms with Crippen LogP contribution in [0.25, 0.3) is 0 Å². The van der Waals surface area contributed by atoms with Crippen LogP contribution in [0.1, 0.15) is 50.0 Å². The van der Waals surface area contributed by atoms with Gasteiger partial charge in [-0.1, -0.05) is 0 Å². The lowest BCUT2D eigenvalue weighted by atomic mass is 9.85. The maximum absolute atomic E-state index is 12.5. The van der Waals surface area contributed by atoms with Crippen molar-refractivity contribution in [3.8, 4) is 0 Å². The summed E-state index contributed by atoms with van der Waals surface area (Å²) in [6, 6.07) is 0.361. The highest BCUT2D eigenvalue weighted by atomic mass is 16.2. The number of aromatic amines is 1. The van der Waals surface area contributed by atoms with Crippen LogP contribution in [0.15, 0.2) is 24.8 Å². The molecule has 2 heterocycles. The molecule has 7 heteroatoms. The molecule has 2 fully saturated rings. The van der Waals surface area contributed by atoms with Crippen LogP contribution in [-0.4, -0.2) is 32.1 Å². The number of H-pyrrole nitrogens is 1. The van der Waals surface area contributed by atoms with Crippen LogP contribution in [0, 0.1) is 5.92 Å². The third-order valence-electron chi connectivity index (χ3n) is 4.95. The molecule has 0 saturated heterocycles. The van der Waals surface area contributed by atoms with Crippen molar-refractivity contribution in [2.75, 3.05) is 10.6 Å². The van der Waals surface area contributed by atoms with Crippen molar-refractivity contribution in [2.45, 2.75) is 50.5 Å². The molecule has 24 heavy (non-hydrogen) atoms. The maximum Gasteiger partial charge on any atom is 0.228 e. The molecule has 0 aliphatic heterocycles. The number of amides is 1. The van der Waals surface area contributed by atoms with Crippen LogP contribution in [0.2, 0.25) is 0 Å². The van der Waals surface area contributed by atoms with Gasteiger partial charge >= 0.3 is 0 Å². The smallest absolute Gasteiger partial charge is 0.228 e. The van der Waals surface area contributed by atoms with Gasteiger partial charge in [-0.2, -0.15) is 5.10 Å². The summed E-state index contributed by atoms with van der Waals surface area (Å²) in [4.78, 5) is 20.8. The summed E-state index contributed by atoms with van der Waals surface area (Å²) in [5.41, 5.74) is 1.15. The van der Waals surface area contributed by atoms with Gasteiger partial charge in [0.2, 0.25) is 5.91 Å². The van der Waals surface area contributed by atoms with E-state index in [1.807, 2.05) is 6.20 Å². The molecule has 126 valence electrons. The molecule has 2 aromatic rings. The van der Waals surface area contributed by atoms with Gasteiger partial charge in [-0.15, -0.1) is 0 Å². The Morgan fingerprint density at radius 2 is 1.92 bits per heavy atom. The summed E-state index contributed by atoms with van der Waals surface area (Å²) in [7, 11) is 0. The Kier molecular flexibility index (Phi) is 4.15. The zero-order valence-electron chi connectivity index (χ0n) is 13.5. The van der Waals surface area contributed by atoms with Crippen molar-refractivity contribution in [3.63, 3.8) is 0 Å². The minimum atomic E-state index is 0.0697. The summed E-state index contributed by atoms with van der Waals surface area (Å²) in [6.45, 7) is 0. The van der Waals surface area contributed by atoms with Gasteiger partial charge in [0.05, 0.1) is 12.4 Å². The molecule has 2 aliphatic rings. The van der Waals surface area contributed by atoms with Gasteiger partial charge in [0.15, 0.2) is 0 Å². The topological polar surface area (TPSA) is 95.6 Å². The zero-order chi connectivity index (χ0) is 16.4. The Labute approximate surface area is 140 Å². The maximum atomic E-state index is 12.5. The van der Waals surface area contributed by atoms with Crippen molar-refractivity contribution >= 4 is 17.5 Å². The lowest BCUT2D eigenvalue weighted by Gasteiger charge is -2.28. The van der Waals surface area contributed by atoms with Crippen LogP contribution < -0.4 is 10.6 Å². The van der Waals surface area contributed by atoms with E-state index in [1.54, 1.807) is 18.6 Å². The van der Waals surface area contributed by atoms with E-state index >= 15 is 0 Å². The highest BCUT2D eigenvalue weighted by Crippen LogP contribution is 2.42. The van der Waals surface area contributed by atoms with Gasteiger partial charge < -0.3 is 10.6 Å². The molecule has 0 spiro atoms. The first kappa shape index (κ1) is 15.1. The first-order chi connectivity index (χ1) is 11.8. The summed E-state index contributed by atoms with van der Waals surface area (Å²) < 4.78 is 0. The highest BCUT2D eigenvalue weighted by molar-refractivity contribution is 5.92. The number of aromatic nitrogens is 4. The second-order valence-electron chi connectivity index (χ2n) is 6.75. The molecule has 0 unspecified atom stereocenters. The lowest BCUT2D eigenvalue weighted by Crippen LogP contribution is -2.32. The number of nitrogens with zero attached hydrogens (tertiary/aromatic N) is 3. The van der Waals surface area contributed by atoms with Crippen LogP contribution in [0.3, 0.4) is 0 Å². The first-order valence-electron chi connectivity index (χ1n) is 8.66. The number of nitrogens with one attached hydrogen (secondary N) is 3. The van der Waals surface area contributed by atoms with Crippen LogP contribution in [0.4, 0.5) is 11.6 Å². The van der Waals surface area contributed by atoms with E-state index in [9.17, 15) is 4.79 Å². The van der Waals surface area contributed by atoms with Crippen molar-refractivity contribution in [1.82, 2.24) is 20.2 Å². The molecule has 2 saturated carbocycles. The van der Waals surface area contributed by atoms with Gasteiger partial charge in [0.25, 0.3) is 0 Å². The highest BCUT2D eigenvalue weighted by Gasteiger charge is 2.30. The lowest BCUT2D eigenvalue weighted by molar-refractivity contribution is -0.120. The van der Waals surface area contributed by atoms with Gasteiger partial charge in [-0.05, 0) is 44.4 Å². The molecular weight excluding hydrogens is 304 g/mol. The Morgan fingerprint density at radius 1 is 1.08 bits per heavy atom. The number of anilines is 2. The Balaban J connectivity index is 1.29. The minimum absolute atomic E-state index is 0.0697.